The maximum absolute atomic E-state index is 12.8. The monoisotopic (exact) mass is 312 g/mol. The molecule has 7 heteroatoms. The number of sulfonamides is 1. The Hall–Kier alpha value is -1.31. The van der Waals surface area contributed by atoms with Crippen molar-refractivity contribution in [1.82, 2.24) is 4.31 Å². The van der Waals surface area contributed by atoms with E-state index in [1.54, 1.807) is 19.1 Å². The Bertz CT molecular complexity index is 657. The van der Waals surface area contributed by atoms with Gasteiger partial charge >= 0.3 is 0 Å². The zero-order valence-corrected chi connectivity index (χ0v) is 13.0. The minimum absolute atomic E-state index is 0.00282. The van der Waals surface area contributed by atoms with Crippen molar-refractivity contribution in [1.29, 1.82) is 0 Å². The molecule has 2 aliphatic rings. The van der Waals surface area contributed by atoms with E-state index in [0.29, 0.717) is 30.2 Å². The first kappa shape index (κ1) is 14.6. The molecular formula is C14H20N2O4S. The van der Waals surface area contributed by atoms with Gasteiger partial charge in [0.2, 0.25) is 16.8 Å². The summed E-state index contributed by atoms with van der Waals surface area (Å²) >= 11 is 0. The molecule has 6 nitrogen and oxygen atoms in total. The van der Waals surface area contributed by atoms with Gasteiger partial charge in [-0.2, -0.15) is 4.31 Å². The van der Waals surface area contributed by atoms with E-state index >= 15 is 0 Å². The van der Waals surface area contributed by atoms with Gasteiger partial charge in [0, 0.05) is 25.2 Å². The summed E-state index contributed by atoms with van der Waals surface area (Å²) in [6.45, 7) is 4.83. The van der Waals surface area contributed by atoms with Gasteiger partial charge in [0.25, 0.3) is 0 Å². The summed E-state index contributed by atoms with van der Waals surface area (Å²) in [6.07, 6.45) is 0.806. The smallest absolute Gasteiger partial charge is 0.243 e. The van der Waals surface area contributed by atoms with Crippen LogP contribution in [0.15, 0.2) is 17.0 Å². The maximum Gasteiger partial charge on any atom is 0.243 e. The molecular weight excluding hydrogens is 292 g/mol. The molecule has 0 aromatic heterocycles. The van der Waals surface area contributed by atoms with E-state index in [4.69, 9.17) is 15.2 Å². The van der Waals surface area contributed by atoms with Gasteiger partial charge in [0.15, 0.2) is 11.5 Å². The molecule has 0 radical (unpaired) electrons. The van der Waals surface area contributed by atoms with E-state index < -0.39 is 10.0 Å². The van der Waals surface area contributed by atoms with Crippen molar-refractivity contribution in [3.05, 3.63) is 17.7 Å². The fourth-order valence-electron chi connectivity index (χ4n) is 2.84. The lowest BCUT2D eigenvalue weighted by atomic mass is 10.0. The van der Waals surface area contributed by atoms with Crippen molar-refractivity contribution in [2.24, 2.45) is 11.7 Å². The summed E-state index contributed by atoms with van der Waals surface area (Å²) in [6, 6.07) is 3.28. The van der Waals surface area contributed by atoms with Crippen molar-refractivity contribution in [3.63, 3.8) is 0 Å². The van der Waals surface area contributed by atoms with Crippen molar-refractivity contribution < 1.29 is 17.9 Å². The topological polar surface area (TPSA) is 81.9 Å². The van der Waals surface area contributed by atoms with Crippen molar-refractivity contribution >= 4 is 10.0 Å². The van der Waals surface area contributed by atoms with Crippen LogP contribution in [0.25, 0.3) is 0 Å². The molecule has 1 aromatic rings. The average molecular weight is 312 g/mol. The number of aryl methyl sites for hydroxylation is 1. The molecule has 2 unspecified atom stereocenters. The molecule has 2 atom stereocenters. The van der Waals surface area contributed by atoms with Gasteiger partial charge < -0.3 is 15.2 Å². The SMILES string of the molecule is Cc1cc2c(cc1S(=O)(=O)N1CCC(C(C)N)C1)OCO2. The molecule has 116 valence electrons. The largest absolute Gasteiger partial charge is 0.454 e. The summed E-state index contributed by atoms with van der Waals surface area (Å²) < 4.78 is 37.7. The van der Waals surface area contributed by atoms with E-state index in [-0.39, 0.29) is 23.6 Å². The van der Waals surface area contributed by atoms with Crippen LogP contribution in [0.1, 0.15) is 18.9 Å². The molecule has 0 aliphatic carbocycles. The average Bonchev–Trinajstić information content (AvgIpc) is 3.06. The Morgan fingerprint density at radius 3 is 2.62 bits per heavy atom. The summed E-state index contributed by atoms with van der Waals surface area (Å²) in [4.78, 5) is 0.289. The Morgan fingerprint density at radius 2 is 2.00 bits per heavy atom. The standard InChI is InChI=1S/C14H20N2O4S/c1-9-5-12-13(20-8-19-12)6-14(9)21(17,18)16-4-3-11(7-16)10(2)15/h5-6,10-11H,3-4,7-8,15H2,1-2H3. The van der Waals surface area contributed by atoms with Gasteiger partial charge in [-0.15, -0.1) is 0 Å². The number of fused-ring (bicyclic) bond motifs is 1. The van der Waals surface area contributed by atoms with Crippen LogP contribution in [0.4, 0.5) is 0 Å². The molecule has 21 heavy (non-hydrogen) atoms. The number of benzene rings is 1. The van der Waals surface area contributed by atoms with Gasteiger partial charge in [0.05, 0.1) is 4.90 Å². The molecule has 1 fully saturated rings. The minimum atomic E-state index is -3.52. The molecule has 3 rings (SSSR count). The third-order valence-electron chi connectivity index (χ3n) is 4.22. The Balaban J connectivity index is 1.93. The minimum Gasteiger partial charge on any atom is -0.454 e. The van der Waals surface area contributed by atoms with Gasteiger partial charge in [0.1, 0.15) is 0 Å². The van der Waals surface area contributed by atoms with Crippen molar-refractivity contribution in [3.8, 4) is 11.5 Å². The van der Waals surface area contributed by atoms with Crippen LogP contribution in [0.5, 0.6) is 11.5 Å². The van der Waals surface area contributed by atoms with E-state index in [2.05, 4.69) is 0 Å². The summed E-state index contributed by atoms with van der Waals surface area (Å²) in [7, 11) is -3.52. The lowest BCUT2D eigenvalue weighted by Crippen LogP contribution is -2.33. The van der Waals surface area contributed by atoms with E-state index in [9.17, 15) is 8.42 Å². The number of nitrogens with two attached hydrogens (primary N) is 1. The van der Waals surface area contributed by atoms with Crippen LogP contribution in [-0.2, 0) is 10.0 Å². The third-order valence-corrected chi connectivity index (χ3v) is 6.23. The first-order valence-corrected chi connectivity index (χ1v) is 8.49. The molecule has 0 bridgehead atoms. The fourth-order valence-corrected chi connectivity index (χ4v) is 4.58. The molecule has 1 saturated heterocycles. The fraction of sp³-hybridized carbons (Fsp3) is 0.571. The molecule has 1 aromatic carbocycles. The first-order valence-electron chi connectivity index (χ1n) is 7.05. The van der Waals surface area contributed by atoms with Crippen molar-refractivity contribution in [2.45, 2.75) is 31.2 Å². The van der Waals surface area contributed by atoms with E-state index in [0.717, 1.165) is 6.42 Å². The van der Waals surface area contributed by atoms with E-state index in [1.807, 2.05) is 6.92 Å². The van der Waals surface area contributed by atoms with Gasteiger partial charge in [-0.3, -0.25) is 0 Å². The Morgan fingerprint density at radius 1 is 1.33 bits per heavy atom. The zero-order chi connectivity index (χ0) is 15.2. The van der Waals surface area contributed by atoms with Gasteiger partial charge in [-0.05, 0) is 37.8 Å². The lowest BCUT2D eigenvalue weighted by Gasteiger charge is -2.19. The normalized spacial score (nSPS) is 23.5. The predicted molar refractivity (Wildman–Crippen MR) is 77.8 cm³/mol. The highest BCUT2D eigenvalue weighted by atomic mass is 32.2. The lowest BCUT2D eigenvalue weighted by molar-refractivity contribution is 0.174. The molecule has 0 saturated carbocycles. The number of hydrogen-bond acceptors (Lipinski definition) is 5. The second-order valence-electron chi connectivity index (χ2n) is 5.74. The van der Waals surface area contributed by atoms with Gasteiger partial charge in [-0.25, -0.2) is 8.42 Å². The van der Waals surface area contributed by atoms with Crippen LogP contribution < -0.4 is 15.2 Å². The highest BCUT2D eigenvalue weighted by Gasteiger charge is 2.35. The summed E-state index contributed by atoms with van der Waals surface area (Å²) in [5.41, 5.74) is 6.56. The molecule has 0 spiro atoms. The Kier molecular flexibility index (Phi) is 3.59. The highest BCUT2D eigenvalue weighted by Crippen LogP contribution is 2.37. The summed E-state index contributed by atoms with van der Waals surface area (Å²) in [5, 5.41) is 0. The molecule has 2 heterocycles. The predicted octanol–water partition coefficient (Wildman–Crippen LogP) is 1.08. The van der Waals surface area contributed by atoms with Crippen LogP contribution in [0.2, 0.25) is 0 Å². The maximum atomic E-state index is 12.8. The second kappa shape index (κ2) is 5.15. The van der Waals surface area contributed by atoms with Gasteiger partial charge in [-0.1, -0.05) is 0 Å². The number of hydrogen-bond donors (Lipinski definition) is 1. The number of rotatable bonds is 3. The summed E-state index contributed by atoms with van der Waals surface area (Å²) in [5.74, 6) is 1.30. The number of ether oxygens (including phenoxy) is 2. The first-order chi connectivity index (χ1) is 9.89. The molecule has 2 N–H and O–H groups in total. The quantitative estimate of drug-likeness (QED) is 0.903. The van der Waals surface area contributed by atoms with Crippen LogP contribution >= 0.6 is 0 Å². The van der Waals surface area contributed by atoms with E-state index in [1.165, 1.54) is 4.31 Å². The molecule has 0 amide bonds. The highest BCUT2D eigenvalue weighted by molar-refractivity contribution is 7.89. The van der Waals surface area contributed by atoms with Crippen LogP contribution in [0.3, 0.4) is 0 Å². The van der Waals surface area contributed by atoms with Crippen molar-refractivity contribution in [2.75, 3.05) is 19.9 Å². The molecule has 2 aliphatic heterocycles. The second-order valence-corrected chi connectivity index (χ2v) is 7.65. The third kappa shape index (κ3) is 2.49. The van der Waals surface area contributed by atoms with Crippen LogP contribution in [0, 0.1) is 12.8 Å². The zero-order valence-electron chi connectivity index (χ0n) is 12.2. The Labute approximate surface area is 124 Å². The number of nitrogens with zero attached hydrogens (tertiary/aromatic N) is 1. The van der Waals surface area contributed by atoms with Crippen LogP contribution in [-0.4, -0.2) is 38.6 Å².